The highest BCUT2D eigenvalue weighted by atomic mass is 79.9. The molecule has 5 nitrogen and oxygen atoms in total. The molecule has 0 saturated carbocycles. The minimum Gasteiger partial charge on any atom is -0.466 e. The standard InChI is InChI=1S/C12H10BrCl2NO4/c1-19-10(17)5-9(12(18)20-2)16-11-7(14)3-6(13)4-8(11)15/h3-5,16H,1-2H3/b9-5+. The van der Waals surface area contributed by atoms with E-state index < -0.39 is 11.9 Å². The number of carbonyl (C=O) groups is 2. The normalized spacial score (nSPS) is 10.9. The maximum Gasteiger partial charge on any atom is 0.354 e. The van der Waals surface area contributed by atoms with Gasteiger partial charge in [-0.05, 0) is 12.1 Å². The molecule has 0 aliphatic carbocycles. The average Bonchev–Trinajstić information content (AvgIpc) is 2.40. The van der Waals surface area contributed by atoms with E-state index in [0.717, 1.165) is 6.08 Å². The quantitative estimate of drug-likeness (QED) is 0.638. The van der Waals surface area contributed by atoms with Crippen LogP contribution in [0.5, 0.6) is 0 Å². The van der Waals surface area contributed by atoms with Gasteiger partial charge in [0.2, 0.25) is 0 Å². The molecule has 0 unspecified atom stereocenters. The molecule has 0 heterocycles. The maximum absolute atomic E-state index is 11.6. The summed E-state index contributed by atoms with van der Waals surface area (Å²) < 4.78 is 9.69. The summed E-state index contributed by atoms with van der Waals surface area (Å²) in [6, 6.07) is 3.17. The van der Waals surface area contributed by atoms with Crippen molar-refractivity contribution in [3.63, 3.8) is 0 Å². The molecular formula is C12H10BrCl2NO4. The van der Waals surface area contributed by atoms with E-state index in [-0.39, 0.29) is 21.4 Å². The third-order valence-corrected chi connectivity index (χ3v) is 3.19. The van der Waals surface area contributed by atoms with Gasteiger partial charge in [0.15, 0.2) is 0 Å². The molecule has 1 rings (SSSR count). The van der Waals surface area contributed by atoms with Crippen molar-refractivity contribution in [3.8, 4) is 0 Å². The lowest BCUT2D eigenvalue weighted by Gasteiger charge is -2.12. The third-order valence-electron chi connectivity index (χ3n) is 2.14. The summed E-state index contributed by atoms with van der Waals surface area (Å²) in [7, 11) is 2.37. The topological polar surface area (TPSA) is 64.6 Å². The molecule has 20 heavy (non-hydrogen) atoms. The molecule has 8 heteroatoms. The van der Waals surface area contributed by atoms with E-state index in [4.69, 9.17) is 23.2 Å². The van der Waals surface area contributed by atoms with Gasteiger partial charge in [0.25, 0.3) is 0 Å². The number of ether oxygens (including phenoxy) is 2. The van der Waals surface area contributed by atoms with Crippen LogP contribution < -0.4 is 5.32 Å². The molecule has 1 N–H and O–H groups in total. The lowest BCUT2D eigenvalue weighted by Crippen LogP contribution is -2.16. The number of benzene rings is 1. The minimum absolute atomic E-state index is 0.148. The number of hydrogen-bond acceptors (Lipinski definition) is 5. The molecule has 1 aromatic carbocycles. The third kappa shape index (κ3) is 4.40. The molecule has 0 bridgehead atoms. The summed E-state index contributed by atoms with van der Waals surface area (Å²) in [6.07, 6.45) is 0.945. The molecule has 0 aliphatic heterocycles. The van der Waals surface area contributed by atoms with Crippen molar-refractivity contribution >= 4 is 56.8 Å². The van der Waals surface area contributed by atoms with Crippen LogP contribution in [0, 0.1) is 0 Å². The Morgan fingerprint density at radius 1 is 1.20 bits per heavy atom. The highest BCUT2D eigenvalue weighted by Crippen LogP contribution is 2.34. The van der Waals surface area contributed by atoms with E-state index in [1.807, 2.05) is 0 Å². The van der Waals surface area contributed by atoms with E-state index in [0.29, 0.717) is 4.47 Å². The van der Waals surface area contributed by atoms with Gasteiger partial charge in [-0.15, -0.1) is 0 Å². The lowest BCUT2D eigenvalue weighted by atomic mass is 10.3. The Hall–Kier alpha value is -1.24. The van der Waals surface area contributed by atoms with Crippen LogP contribution in [0.15, 0.2) is 28.4 Å². The van der Waals surface area contributed by atoms with Crippen molar-refractivity contribution in [3.05, 3.63) is 38.4 Å². The molecule has 0 saturated heterocycles. The Labute approximate surface area is 134 Å². The largest absolute Gasteiger partial charge is 0.466 e. The Bertz CT molecular complexity index is 552. The molecule has 1 aromatic rings. The first kappa shape index (κ1) is 16.8. The molecule has 0 aliphatic rings. The second-order valence-electron chi connectivity index (χ2n) is 3.44. The van der Waals surface area contributed by atoms with Crippen LogP contribution in [-0.4, -0.2) is 26.2 Å². The van der Waals surface area contributed by atoms with Crippen molar-refractivity contribution in [2.24, 2.45) is 0 Å². The van der Waals surface area contributed by atoms with Gasteiger partial charge in [-0.3, -0.25) is 0 Å². The fourth-order valence-electron chi connectivity index (χ4n) is 1.23. The predicted molar refractivity (Wildman–Crippen MR) is 79.9 cm³/mol. The smallest absolute Gasteiger partial charge is 0.354 e. The van der Waals surface area contributed by atoms with Crippen LogP contribution in [0.3, 0.4) is 0 Å². The number of hydrogen-bond donors (Lipinski definition) is 1. The summed E-state index contributed by atoms with van der Waals surface area (Å²) in [5, 5.41) is 3.19. The molecular weight excluding hydrogens is 373 g/mol. The number of nitrogens with one attached hydrogen (secondary N) is 1. The number of methoxy groups -OCH3 is 2. The first-order valence-corrected chi connectivity index (χ1v) is 6.73. The number of halogens is 3. The second-order valence-corrected chi connectivity index (χ2v) is 5.17. The van der Waals surface area contributed by atoms with Crippen molar-refractivity contribution in [2.75, 3.05) is 19.5 Å². The van der Waals surface area contributed by atoms with E-state index in [9.17, 15) is 9.59 Å². The molecule has 0 atom stereocenters. The zero-order chi connectivity index (χ0) is 15.3. The van der Waals surface area contributed by atoms with Crippen LogP contribution in [0.4, 0.5) is 5.69 Å². The fourth-order valence-corrected chi connectivity index (χ4v) is 2.53. The lowest BCUT2D eigenvalue weighted by molar-refractivity contribution is -0.138. The van der Waals surface area contributed by atoms with Crippen LogP contribution >= 0.6 is 39.1 Å². The van der Waals surface area contributed by atoms with Gasteiger partial charge >= 0.3 is 11.9 Å². The average molecular weight is 383 g/mol. The minimum atomic E-state index is -0.759. The monoisotopic (exact) mass is 381 g/mol. The first-order valence-electron chi connectivity index (χ1n) is 5.18. The van der Waals surface area contributed by atoms with Crippen LogP contribution in [-0.2, 0) is 19.1 Å². The summed E-state index contributed by atoms with van der Waals surface area (Å²) in [4.78, 5) is 22.8. The van der Waals surface area contributed by atoms with Gasteiger partial charge in [0.1, 0.15) is 5.70 Å². The Balaban J connectivity index is 3.17. The number of anilines is 1. The van der Waals surface area contributed by atoms with Gasteiger partial charge in [-0.1, -0.05) is 39.1 Å². The number of carbonyl (C=O) groups excluding carboxylic acids is 2. The van der Waals surface area contributed by atoms with Crippen molar-refractivity contribution in [1.29, 1.82) is 0 Å². The second kappa shape index (κ2) is 7.52. The highest BCUT2D eigenvalue weighted by Gasteiger charge is 2.16. The molecule has 0 fully saturated rings. The van der Waals surface area contributed by atoms with Crippen molar-refractivity contribution in [1.82, 2.24) is 0 Å². The van der Waals surface area contributed by atoms with E-state index >= 15 is 0 Å². The first-order chi connectivity index (χ1) is 9.38. The van der Waals surface area contributed by atoms with E-state index in [1.165, 1.54) is 14.2 Å². The number of rotatable bonds is 4. The van der Waals surface area contributed by atoms with Gasteiger partial charge in [-0.25, -0.2) is 9.59 Å². The van der Waals surface area contributed by atoms with Crippen LogP contribution in [0.2, 0.25) is 10.0 Å². The molecule has 0 aromatic heterocycles. The maximum atomic E-state index is 11.6. The summed E-state index contributed by atoms with van der Waals surface area (Å²) in [5.74, 6) is -1.48. The zero-order valence-corrected chi connectivity index (χ0v) is 13.6. The Kier molecular flexibility index (Phi) is 6.32. The van der Waals surface area contributed by atoms with Crippen molar-refractivity contribution in [2.45, 2.75) is 0 Å². The van der Waals surface area contributed by atoms with Crippen LogP contribution in [0.1, 0.15) is 0 Å². The molecule has 0 amide bonds. The predicted octanol–water partition coefficient (Wildman–Crippen LogP) is 3.40. The summed E-state index contributed by atoms with van der Waals surface area (Å²) in [6.45, 7) is 0. The zero-order valence-electron chi connectivity index (χ0n) is 10.5. The van der Waals surface area contributed by atoms with Crippen LogP contribution in [0.25, 0.3) is 0 Å². The van der Waals surface area contributed by atoms with E-state index in [2.05, 4.69) is 30.7 Å². The van der Waals surface area contributed by atoms with Gasteiger partial charge in [-0.2, -0.15) is 0 Å². The van der Waals surface area contributed by atoms with Gasteiger partial charge in [0.05, 0.1) is 36.0 Å². The van der Waals surface area contributed by atoms with Gasteiger partial charge in [0, 0.05) is 4.47 Å². The summed E-state index contributed by atoms with van der Waals surface area (Å²) in [5.41, 5.74) is 0.127. The Morgan fingerprint density at radius 2 is 1.75 bits per heavy atom. The number of esters is 2. The Morgan fingerprint density at radius 3 is 2.20 bits per heavy atom. The summed E-state index contributed by atoms with van der Waals surface area (Å²) >= 11 is 15.3. The van der Waals surface area contributed by atoms with Gasteiger partial charge < -0.3 is 14.8 Å². The van der Waals surface area contributed by atoms with Crippen molar-refractivity contribution < 1.29 is 19.1 Å². The van der Waals surface area contributed by atoms with E-state index in [1.54, 1.807) is 12.1 Å². The highest BCUT2D eigenvalue weighted by molar-refractivity contribution is 9.10. The fraction of sp³-hybridized carbons (Fsp3) is 0.167. The molecule has 108 valence electrons. The molecule has 0 spiro atoms. The molecule has 0 radical (unpaired) electrons. The SMILES string of the molecule is COC(=O)/C=C(/Nc1c(Cl)cc(Br)cc1Cl)C(=O)OC.